The maximum atomic E-state index is 12.6. The molecular weight excluding hydrogens is 253 g/mol. The number of nitrogens with one attached hydrogen (secondary N) is 1. The largest absolute Gasteiger partial charge is 0.416 e. The third-order valence-electron chi connectivity index (χ3n) is 2.68. The molecule has 0 fully saturated rings. The number of nitrogen functional groups attached to an aromatic ring is 1. The van der Waals surface area contributed by atoms with Crippen LogP contribution in [0.2, 0.25) is 0 Å². The second-order valence-electron chi connectivity index (χ2n) is 4.29. The van der Waals surface area contributed by atoms with Crippen LogP contribution < -0.4 is 11.1 Å². The molecule has 0 aliphatic carbocycles. The van der Waals surface area contributed by atoms with Crippen LogP contribution in [0.15, 0.2) is 42.5 Å². The molecule has 0 amide bonds. The van der Waals surface area contributed by atoms with Crippen molar-refractivity contribution < 1.29 is 13.2 Å². The van der Waals surface area contributed by atoms with Crippen LogP contribution in [0, 0.1) is 6.92 Å². The predicted octanol–water partition coefficient (Wildman–Crippen LogP) is 4.34. The van der Waals surface area contributed by atoms with Gasteiger partial charge in [0.25, 0.3) is 0 Å². The van der Waals surface area contributed by atoms with Crippen molar-refractivity contribution in [1.29, 1.82) is 0 Å². The van der Waals surface area contributed by atoms with Gasteiger partial charge < -0.3 is 11.1 Å². The summed E-state index contributed by atoms with van der Waals surface area (Å²) in [4.78, 5) is 0. The topological polar surface area (TPSA) is 38.0 Å². The Morgan fingerprint density at radius 2 is 1.79 bits per heavy atom. The molecule has 2 aromatic carbocycles. The van der Waals surface area contributed by atoms with Crippen molar-refractivity contribution in [3.8, 4) is 0 Å². The Bertz CT molecular complexity index is 591. The summed E-state index contributed by atoms with van der Waals surface area (Å²) in [6.45, 7) is 1.89. The van der Waals surface area contributed by atoms with Gasteiger partial charge in [0.15, 0.2) is 0 Å². The number of hydrogen-bond donors (Lipinski definition) is 2. The number of anilines is 3. The number of rotatable bonds is 2. The lowest BCUT2D eigenvalue weighted by molar-refractivity contribution is -0.137. The molecular formula is C14H13F3N2. The number of benzene rings is 2. The second kappa shape index (κ2) is 4.84. The molecule has 3 N–H and O–H groups in total. The van der Waals surface area contributed by atoms with E-state index >= 15 is 0 Å². The van der Waals surface area contributed by atoms with Gasteiger partial charge in [-0.1, -0.05) is 12.1 Å². The second-order valence-corrected chi connectivity index (χ2v) is 4.29. The standard InChI is InChI=1S/C14H13F3N2/c1-9-5-6-13(12(18)7-9)19-11-4-2-3-10(8-11)14(15,16)17/h2-8,19H,18H2,1H3. The molecule has 100 valence electrons. The molecule has 0 atom stereocenters. The maximum absolute atomic E-state index is 12.6. The van der Waals surface area contributed by atoms with Crippen LogP contribution in [-0.2, 0) is 6.18 Å². The van der Waals surface area contributed by atoms with Crippen molar-refractivity contribution >= 4 is 17.1 Å². The number of halogens is 3. The summed E-state index contributed by atoms with van der Waals surface area (Å²) in [6.07, 6.45) is -4.35. The number of hydrogen-bond acceptors (Lipinski definition) is 2. The van der Waals surface area contributed by atoms with Crippen molar-refractivity contribution in [3.05, 3.63) is 53.6 Å². The van der Waals surface area contributed by atoms with E-state index < -0.39 is 11.7 Å². The molecule has 0 aromatic heterocycles. The van der Waals surface area contributed by atoms with Crippen LogP contribution in [0.3, 0.4) is 0 Å². The highest BCUT2D eigenvalue weighted by molar-refractivity contribution is 5.73. The predicted molar refractivity (Wildman–Crippen MR) is 70.3 cm³/mol. The molecule has 0 saturated carbocycles. The van der Waals surface area contributed by atoms with E-state index in [1.807, 2.05) is 13.0 Å². The van der Waals surface area contributed by atoms with Gasteiger partial charge in [-0.05, 0) is 42.8 Å². The summed E-state index contributed by atoms with van der Waals surface area (Å²) in [6, 6.07) is 10.3. The smallest absolute Gasteiger partial charge is 0.397 e. The Morgan fingerprint density at radius 3 is 2.42 bits per heavy atom. The summed E-state index contributed by atoms with van der Waals surface area (Å²) >= 11 is 0. The van der Waals surface area contributed by atoms with Crippen molar-refractivity contribution in [2.45, 2.75) is 13.1 Å². The first-order valence-electron chi connectivity index (χ1n) is 5.67. The van der Waals surface area contributed by atoms with E-state index in [4.69, 9.17) is 5.73 Å². The molecule has 5 heteroatoms. The minimum absolute atomic E-state index is 0.352. The molecule has 0 unspecified atom stereocenters. The summed E-state index contributed by atoms with van der Waals surface area (Å²) in [7, 11) is 0. The fraction of sp³-hybridized carbons (Fsp3) is 0.143. The van der Waals surface area contributed by atoms with Crippen molar-refractivity contribution in [1.82, 2.24) is 0 Å². The zero-order chi connectivity index (χ0) is 14.0. The van der Waals surface area contributed by atoms with Gasteiger partial charge in [-0.3, -0.25) is 0 Å². The van der Waals surface area contributed by atoms with E-state index in [9.17, 15) is 13.2 Å². The van der Waals surface area contributed by atoms with E-state index in [0.29, 0.717) is 17.1 Å². The van der Waals surface area contributed by atoms with Crippen LogP contribution >= 0.6 is 0 Å². The Morgan fingerprint density at radius 1 is 1.05 bits per heavy atom. The first kappa shape index (κ1) is 13.3. The normalized spacial score (nSPS) is 11.4. The monoisotopic (exact) mass is 266 g/mol. The van der Waals surface area contributed by atoms with E-state index in [-0.39, 0.29) is 0 Å². The molecule has 2 aromatic rings. The number of nitrogens with two attached hydrogens (primary N) is 1. The minimum atomic E-state index is -4.35. The molecule has 2 rings (SSSR count). The van der Waals surface area contributed by atoms with Crippen LogP contribution in [-0.4, -0.2) is 0 Å². The van der Waals surface area contributed by atoms with Crippen molar-refractivity contribution in [3.63, 3.8) is 0 Å². The molecule has 0 bridgehead atoms. The van der Waals surface area contributed by atoms with Gasteiger partial charge in [-0.25, -0.2) is 0 Å². The average Bonchev–Trinajstić information content (AvgIpc) is 2.32. The molecule has 0 radical (unpaired) electrons. The molecule has 0 spiro atoms. The average molecular weight is 266 g/mol. The molecule has 0 aliphatic heterocycles. The first-order valence-corrected chi connectivity index (χ1v) is 5.67. The van der Waals surface area contributed by atoms with Crippen LogP contribution in [0.25, 0.3) is 0 Å². The van der Waals surface area contributed by atoms with Gasteiger partial charge in [-0.15, -0.1) is 0 Å². The molecule has 19 heavy (non-hydrogen) atoms. The lowest BCUT2D eigenvalue weighted by Crippen LogP contribution is -2.05. The minimum Gasteiger partial charge on any atom is -0.397 e. The molecule has 2 nitrogen and oxygen atoms in total. The third kappa shape index (κ3) is 3.19. The highest BCUT2D eigenvalue weighted by atomic mass is 19.4. The van der Waals surface area contributed by atoms with Crippen molar-refractivity contribution in [2.24, 2.45) is 0 Å². The van der Waals surface area contributed by atoms with Gasteiger partial charge >= 0.3 is 6.18 Å². The van der Waals surface area contributed by atoms with Gasteiger partial charge in [-0.2, -0.15) is 13.2 Å². The van der Waals surface area contributed by atoms with E-state index in [1.165, 1.54) is 6.07 Å². The summed E-state index contributed by atoms with van der Waals surface area (Å²) in [5.41, 5.74) is 7.55. The van der Waals surface area contributed by atoms with E-state index in [0.717, 1.165) is 17.7 Å². The Labute approximate surface area is 109 Å². The maximum Gasteiger partial charge on any atom is 0.416 e. The third-order valence-corrected chi connectivity index (χ3v) is 2.68. The van der Waals surface area contributed by atoms with Crippen molar-refractivity contribution in [2.75, 3.05) is 11.1 Å². The summed E-state index contributed by atoms with van der Waals surface area (Å²) in [5.74, 6) is 0. The Kier molecular flexibility index (Phi) is 3.38. The fourth-order valence-corrected chi connectivity index (χ4v) is 1.72. The zero-order valence-corrected chi connectivity index (χ0v) is 10.3. The zero-order valence-electron chi connectivity index (χ0n) is 10.3. The highest BCUT2D eigenvalue weighted by Crippen LogP contribution is 2.32. The Balaban J connectivity index is 2.29. The van der Waals surface area contributed by atoms with E-state index in [1.54, 1.807) is 18.2 Å². The number of aryl methyl sites for hydroxylation is 1. The number of alkyl halides is 3. The molecule has 0 saturated heterocycles. The van der Waals surface area contributed by atoms with Crippen LogP contribution in [0.4, 0.5) is 30.2 Å². The fourth-order valence-electron chi connectivity index (χ4n) is 1.72. The lowest BCUT2D eigenvalue weighted by Gasteiger charge is -2.12. The quantitative estimate of drug-likeness (QED) is 0.793. The molecule has 0 heterocycles. The van der Waals surface area contributed by atoms with E-state index in [2.05, 4.69) is 5.32 Å². The van der Waals surface area contributed by atoms with Gasteiger partial charge in [0.2, 0.25) is 0 Å². The van der Waals surface area contributed by atoms with Crippen LogP contribution in [0.5, 0.6) is 0 Å². The van der Waals surface area contributed by atoms with Gasteiger partial charge in [0.1, 0.15) is 0 Å². The van der Waals surface area contributed by atoms with Gasteiger partial charge in [0, 0.05) is 5.69 Å². The molecule has 0 aliphatic rings. The highest BCUT2D eigenvalue weighted by Gasteiger charge is 2.30. The van der Waals surface area contributed by atoms with Crippen LogP contribution in [0.1, 0.15) is 11.1 Å². The Hall–Kier alpha value is -2.17. The summed E-state index contributed by atoms with van der Waals surface area (Å²) in [5, 5.41) is 2.89. The SMILES string of the molecule is Cc1ccc(Nc2cccc(C(F)(F)F)c2)c(N)c1. The van der Waals surface area contributed by atoms with Gasteiger partial charge in [0.05, 0.1) is 16.9 Å². The summed E-state index contributed by atoms with van der Waals surface area (Å²) < 4.78 is 37.8. The lowest BCUT2D eigenvalue weighted by atomic mass is 10.1. The first-order chi connectivity index (χ1) is 8.86.